The van der Waals surface area contributed by atoms with Gasteiger partial charge < -0.3 is 21.7 Å². The minimum absolute atomic E-state index is 0.334. The molecule has 0 bridgehead atoms. The molecule has 5 heteroatoms. The predicted molar refractivity (Wildman–Crippen MR) is 66.4 cm³/mol. The summed E-state index contributed by atoms with van der Waals surface area (Å²) in [5.41, 5.74) is 12.6. The van der Waals surface area contributed by atoms with E-state index in [1.54, 1.807) is 0 Å². The Labute approximate surface area is 95.4 Å². The van der Waals surface area contributed by atoms with E-state index in [0.717, 1.165) is 11.4 Å². The molecule has 0 fully saturated rings. The number of nitrogens with zero attached hydrogens (tertiary/aromatic N) is 1. The van der Waals surface area contributed by atoms with Gasteiger partial charge in [0, 0.05) is 20.6 Å². The lowest BCUT2D eigenvalue weighted by Gasteiger charge is -2.19. The first-order chi connectivity index (χ1) is 7.52. The van der Waals surface area contributed by atoms with Crippen LogP contribution in [-0.2, 0) is 4.79 Å². The first-order valence-corrected chi connectivity index (χ1v) is 5.07. The van der Waals surface area contributed by atoms with Gasteiger partial charge in [-0.3, -0.25) is 4.79 Å². The SMILES string of the molecule is CN(C)c1ccccc1NCC(N)C(N)=O. The van der Waals surface area contributed by atoms with Crippen LogP contribution in [0.15, 0.2) is 24.3 Å². The molecule has 1 rings (SSSR count). The summed E-state index contributed by atoms with van der Waals surface area (Å²) in [5.74, 6) is -0.505. The van der Waals surface area contributed by atoms with Gasteiger partial charge in [-0.05, 0) is 12.1 Å². The molecule has 1 aromatic rings. The number of rotatable bonds is 5. The lowest BCUT2D eigenvalue weighted by molar-refractivity contribution is -0.118. The van der Waals surface area contributed by atoms with E-state index in [1.165, 1.54) is 0 Å². The quantitative estimate of drug-likeness (QED) is 0.653. The summed E-state index contributed by atoms with van der Waals surface area (Å²) in [6.07, 6.45) is 0. The fourth-order valence-corrected chi connectivity index (χ4v) is 1.33. The van der Waals surface area contributed by atoms with Gasteiger partial charge in [-0.2, -0.15) is 0 Å². The maximum Gasteiger partial charge on any atom is 0.236 e. The average Bonchev–Trinajstić information content (AvgIpc) is 2.25. The van der Waals surface area contributed by atoms with Crippen molar-refractivity contribution in [2.45, 2.75) is 6.04 Å². The molecule has 16 heavy (non-hydrogen) atoms. The highest BCUT2D eigenvalue weighted by Gasteiger charge is 2.10. The molecule has 1 unspecified atom stereocenters. The molecule has 0 aliphatic heterocycles. The summed E-state index contributed by atoms with van der Waals surface area (Å²) >= 11 is 0. The van der Waals surface area contributed by atoms with Crippen molar-refractivity contribution in [3.05, 3.63) is 24.3 Å². The number of carbonyl (C=O) groups is 1. The van der Waals surface area contributed by atoms with Gasteiger partial charge in [-0.15, -0.1) is 0 Å². The number of carbonyl (C=O) groups excluding carboxylic acids is 1. The maximum atomic E-state index is 10.8. The summed E-state index contributed by atoms with van der Waals surface area (Å²) in [4.78, 5) is 12.8. The van der Waals surface area contributed by atoms with Crippen molar-refractivity contribution in [2.75, 3.05) is 30.9 Å². The standard InChI is InChI=1S/C11H18N4O/c1-15(2)10-6-4-3-5-9(10)14-7-8(12)11(13)16/h3-6,8,14H,7,12H2,1-2H3,(H2,13,16). The third-order valence-corrected chi connectivity index (χ3v) is 2.26. The van der Waals surface area contributed by atoms with Crippen LogP contribution in [0.3, 0.4) is 0 Å². The van der Waals surface area contributed by atoms with Crippen molar-refractivity contribution in [1.82, 2.24) is 0 Å². The smallest absolute Gasteiger partial charge is 0.236 e. The number of nitrogens with two attached hydrogens (primary N) is 2. The van der Waals surface area contributed by atoms with Crippen LogP contribution in [0.1, 0.15) is 0 Å². The van der Waals surface area contributed by atoms with Crippen molar-refractivity contribution < 1.29 is 4.79 Å². The molecule has 88 valence electrons. The summed E-state index contributed by atoms with van der Waals surface area (Å²) in [7, 11) is 3.91. The number of nitrogens with one attached hydrogen (secondary N) is 1. The molecule has 0 radical (unpaired) electrons. The fraction of sp³-hybridized carbons (Fsp3) is 0.364. The average molecular weight is 222 g/mol. The Morgan fingerprint density at radius 2 is 2.06 bits per heavy atom. The van der Waals surface area contributed by atoms with Crippen LogP contribution in [0.25, 0.3) is 0 Å². The van der Waals surface area contributed by atoms with E-state index in [9.17, 15) is 4.79 Å². The lowest BCUT2D eigenvalue weighted by atomic mass is 10.2. The van der Waals surface area contributed by atoms with E-state index in [1.807, 2.05) is 43.3 Å². The second kappa shape index (κ2) is 5.37. The van der Waals surface area contributed by atoms with Crippen LogP contribution in [0.2, 0.25) is 0 Å². The van der Waals surface area contributed by atoms with Crippen LogP contribution in [0, 0.1) is 0 Å². The highest BCUT2D eigenvalue weighted by molar-refractivity contribution is 5.80. The summed E-state index contributed by atoms with van der Waals surface area (Å²) in [6.45, 7) is 0.334. The molecule has 0 saturated carbocycles. The number of amides is 1. The zero-order valence-electron chi connectivity index (χ0n) is 9.60. The summed E-state index contributed by atoms with van der Waals surface area (Å²) in [5, 5.41) is 3.11. The number of hydrogen-bond acceptors (Lipinski definition) is 4. The van der Waals surface area contributed by atoms with E-state index in [-0.39, 0.29) is 0 Å². The molecule has 0 saturated heterocycles. The molecule has 5 nitrogen and oxygen atoms in total. The normalized spacial score (nSPS) is 11.9. The summed E-state index contributed by atoms with van der Waals surface area (Å²) in [6, 6.07) is 7.12. The highest BCUT2D eigenvalue weighted by atomic mass is 16.1. The van der Waals surface area contributed by atoms with Gasteiger partial charge in [0.05, 0.1) is 11.4 Å². The van der Waals surface area contributed by atoms with Gasteiger partial charge in [0.25, 0.3) is 0 Å². The molecular weight excluding hydrogens is 204 g/mol. The van der Waals surface area contributed by atoms with Crippen molar-refractivity contribution in [2.24, 2.45) is 11.5 Å². The molecule has 1 aromatic carbocycles. The van der Waals surface area contributed by atoms with Gasteiger partial charge in [0.15, 0.2) is 0 Å². The molecule has 0 heterocycles. The van der Waals surface area contributed by atoms with Gasteiger partial charge in [-0.25, -0.2) is 0 Å². The Balaban J connectivity index is 2.70. The van der Waals surface area contributed by atoms with Gasteiger partial charge >= 0.3 is 0 Å². The van der Waals surface area contributed by atoms with Crippen LogP contribution in [0.4, 0.5) is 11.4 Å². The largest absolute Gasteiger partial charge is 0.381 e. The Morgan fingerprint density at radius 3 is 2.62 bits per heavy atom. The molecule has 0 aliphatic carbocycles. The van der Waals surface area contributed by atoms with Crippen molar-refractivity contribution in [3.8, 4) is 0 Å². The second-order valence-electron chi connectivity index (χ2n) is 3.80. The molecule has 0 spiro atoms. The van der Waals surface area contributed by atoms with Crippen molar-refractivity contribution in [3.63, 3.8) is 0 Å². The minimum Gasteiger partial charge on any atom is -0.381 e. The first kappa shape index (κ1) is 12.3. The third-order valence-electron chi connectivity index (χ3n) is 2.26. The molecule has 1 atom stereocenters. The zero-order valence-corrected chi connectivity index (χ0v) is 9.60. The number of anilines is 2. The fourth-order valence-electron chi connectivity index (χ4n) is 1.33. The summed E-state index contributed by atoms with van der Waals surface area (Å²) < 4.78 is 0. The van der Waals surface area contributed by atoms with E-state index in [4.69, 9.17) is 11.5 Å². The molecule has 0 aliphatic rings. The molecule has 1 amide bonds. The number of benzene rings is 1. The number of hydrogen-bond donors (Lipinski definition) is 3. The highest BCUT2D eigenvalue weighted by Crippen LogP contribution is 2.22. The molecule has 0 aromatic heterocycles. The topological polar surface area (TPSA) is 84.4 Å². The van der Waals surface area contributed by atoms with Crippen LogP contribution in [-0.4, -0.2) is 32.6 Å². The lowest BCUT2D eigenvalue weighted by Crippen LogP contribution is -2.41. The van der Waals surface area contributed by atoms with Gasteiger partial charge in [-0.1, -0.05) is 12.1 Å². The monoisotopic (exact) mass is 222 g/mol. The zero-order chi connectivity index (χ0) is 12.1. The molecule has 5 N–H and O–H groups in total. The van der Waals surface area contributed by atoms with Crippen LogP contribution in [0.5, 0.6) is 0 Å². The van der Waals surface area contributed by atoms with Crippen molar-refractivity contribution in [1.29, 1.82) is 0 Å². The van der Waals surface area contributed by atoms with E-state index >= 15 is 0 Å². The van der Waals surface area contributed by atoms with E-state index < -0.39 is 11.9 Å². The van der Waals surface area contributed by atoms with E-state index in [0.29, 0.717) is 6.54 Å². The van der Waals surface area contributed by atoms with Crippen molar-refractivity contribution >= 4 is 17.3 Å². The predicted octanol–water partition coefficient (Wildman–Crippen LogP) is -0.0229. The Hall–Kier alpha value is -1.75. The number of para-hydroxylation sites is 2. The third kappa shape index (κ3) is 3.13. The molecular formula is C11H18N4O. The minimum atomic E-state index is -0.671. The Morgan fingerprint density at radius 1 is 1.44 bits per heavy atom. The van der Waals surface area contributed by atoms with Gasteiger partial charge in [0.2, 0.25) is 5.91 Å². The first-order valence-electron chi connectivity index (χ1n) is 5.07. The van der Waals surface area contributed by atoms with E-state index in [2.05, 4.69) is 5.32 Å². The Kier molecular flexibility index (Phi) is 4.13. The van der Waals surface area contributed by atoms with Gasteiger partial charge in [0.1, 0.15) is 6.04 Å². The maximum absolute atomic E-state index is 10.8. The number of primary amides is 1. The second-order valence-corrected chi connectivity index (χ2v) is 3.80. The van der Waals surface area contributed by atoms with Crippen LogP contribution < -0.4 is 21.7 Å². The Bertz CT molecular complexity index is 365. The van der Waals surface area contributed by atoms with Crippen LogP contribution >= 0.6 is 0 Å².